The number of esters is 1. The zero-order valence-electron chi connectivity index (χ0n) is 8.47. The molecule has 1 aromatic carbocycles. The molecule has 0 aliphatic heterocycles. The number of hydrogen-bond donors (Lipinski definition) is 0. The maximum atomic E-state index is 11.2. The molecule has 1 rings (SSSR count). The van der Waals surface area contributed by atoms with Crippen LogP contribution in [0.25, 0.3) is 6.08 Å². The molecule has 1 aromatic rings. The molecule has 0 saturated heterocycles. The highest BCUT2D eigenvalue weighted by Crippen LogP contribution is 2.01. The number of benzene rings is 1. The highest BCUT2D eigenvalue weighted by Gasteiger charge is 2.05. The van der Waals surface area contributed by atoms with E-state index in [9.17, 15) is 9.59 Å². The first kappa shape index (κ1) is 11.2. The maximum absolute atomic E-state index is 11.2. The summed E-state index contributed by atoms with van der Waals surface area (Å²) >= 11 is 0. The first-order valence-electron chi connectivity index (χ1n) is 4.55. The Kier molecular flexibility index (Phi) is 4.29. The SMILES string of the molecule is COC(=O)CC(=O)C=Cc1ccccc1. The highest BCUT2D eigenvalue weighted by atomic mass is 16.5. The normalized spacial score (nSPS) is 10.2. The van der Waals surface area contributed by atoms with Gasteiger partial charge in [-0.25, -0.2) is 0 Å². The fourth-order valence-corrected chi connectivity index (χ4v) is 1.03. The van der Waals surface area contributed by atoms with Crippen LogP contribution in [0.1, 0.15) is 12.0 Å². The summed E-state index contributed by atoms with van der Waals surface area (Å²) in [4.78, 5) is 22.0. The van der Waals surface area contributed by atoms with Crippen LogP contribution in [0.2, 0.25) is 0 Å². The Hall–Kier alpha value is -1.90. The summed E-state index contributed by atoms with van der Waals surface area (Å²) in [6, 6.07) is 9.41. The molecule has 15 heavy (non-hydrogen) atoms. The Morgan fingerprint density at radius 2 is 1.93 bits per heavy atom. The van der Waals surface area contributed by atoms with E-state index in [2.05, 4.69) is 4.74 Å². The molecule has 0 unspecified atom stereocenters. The zero-order chi connectivity index (χ0) is 11.1. The second-order valence-electron chi connectivity index (χ2n) is 2.96. The highest BCUT2D eigenvalue weighted by molar-refractivity contribution is 6.03. The quantitative estimate of drug-likeness (QED) is 0.427. The van der Waals surface area contributed by atoms with E-state index in [1.165, 1.54) is 13.2 Å². The minimum atomic E-state index is -0.516. The molecule has 3 nitrogen and oxygen atoms in total. The molecule has 0 bridgehead atoms. The van der Waals surface area contributed by atoms with E-state index in [4.69, 9.17) is 0 Å². The van der Waals surface area contributed by atoms with Gasteiger partial charge in [0.15, 0.2) is 5.78 Å². The van der Waals surface area contributed by atoms with Crippen molar-refractivity contribution >= 4 is 17.8 Å². The second-order valence-corrected chi connectivity index (χ2v) is 2.96. The summed E-state index contributed by atoms with van der Waals surface area (Å²) in [6.07, 6.45) is 2.84. The number of carbonyl (C=O) groups is 2. The van der Waals surface area contributed by atoms with Crippen molar-refractivity contribution in [2.45, 2.75) is 6.42 Å². The van der Waals surface area contributed by atoms with E-state index in [0.29, 0.717) is 0 Å². The van der Waals surface area contributed by atoms with E-state index in [1.807, 2.05) is 30.3 Å². The van der Waals surface area contributed by atoms with Crippen molar-refractivity contribution in [3.05, 3.63) is 42.0 Å². The van der Waals surface area contributed by atoms with Gasteiger partial charge in [0.2, 0.25) is 0 Å². The Morgan fingerprint density at radius 1 is 1.27 bits per heavy atom. The van der Waals surface area contributed by atoms with Gasteiger partial charge in [0, 0.05) is 0 Å². The molecule has 0 atom stereocenters. The molecule has 0 spiro atoms. The molecule has 0 aliphatic carbocycles. The third-order valence-electron chi connectivity index (χ3n) is 1.81. The zero-order valence-corrected chi connectivity index (χ0v) is 8.47. The summed E-state index contributed by atoms with van der Waals surface area (Å²) < 4.78 is 4.38. The summed E-state index contributed by atoms with van der Waals surface area (Å²) in [5.74, 6) is -0.775. The molecule has 0 aliphatic rings. The van der Waals surface area contributed by atoms with E-state index in [0.717, 1.165) is 5.56 Å². The van der Waals surface area contributed by atoms with Crippen LogP contribution in [0, 0.1) is 0 Å². The average molecular weight is 204 g/mol. The maximum Gasteiger partial charge on any atom is 0.313 e. The summed E-state index contributed by atoms with van der Waals surface area (Å²) in [7, 11) is 1.26. The van der Waals surface area contributed by atoms with Gasteiger partial charge in [-0.3, -0.25) is 9.59 Å². The standard InChI is InChI=1S/C12H12O3/c1-15-12(14)9-11(13)8-7-10-5-3-2-4-6-10/h2-8H,9H2,1H3. The molecule has 0 saturated carbocycles. The molecule has 3 heteroatoms. The minimum absolute atomic E-state index is 0.208. The molecule has 78 valence electrons. The molecule has 0 fully saturated rings. The fourth-order valence-electron chi connectivity index (χ4n) is 1.03. The third kappa shape index (κ3) is 4.22. The van der Waals surface area contributed by atoms with Gasteiger partial charge in [-0.05, 0) is 11.6 Å². The van der Waals surface area contributed by atoms with Crippen LogP contribution >= 0.6 is 0 Å². The first-order chi connectivity index (χ1) is 7.22. The minimum Gasteiger partial charge on any atom is -0.469 e. The average Bonchev–Trinajstić information content (AvgIpc) is 2.27. The lowest BCUT2D eigenvalue weighted by Crippen LogP contribution is -2.06. The number of hydrogen-bond acceptors (Lipinski definition) is 3. The Labute approximate surface area is 88.4 Å². The van der Waals surface area contributed by atoms with Crippen molar-refractivity contribution in [2.75, 3.05) is 7.11 Å². The van der Waals surface area contributed by atoms with Crippen LogP contribution in [0.3, 0.4) is 0 Å². The largest absolute Gasteiger partial charge is 0.469 e. The monoisotopic (exact) mass is 204 g/mol. The molecule has 0 radical (unpaired) electrons. The molecule has 0 amide bonds. The number of ether oxygens (including phenoxy) is 1. The van der Waals surface area contributed by atoms with Gasteiger partial charge in [-0.2, -0.15) is 0 Å². The van der Waals surface area contributed by atoms with Crippen LogP contribution in [0.4, 0.5) is 0 Å². The number of ketones is 1. The van der Waals surface area contributed by atoms with Gasteiger partial charge in [-0.1, -0.05) is 36.4 Å². The third-order valence-corrected chi connectivity index (χ3v) is 1.81. The van der Waals surface area contributed by atoms with E-state index in [-0.39, 0.29) is 12.2 Å². The van der Waals surface area contributed by atoms with Crippen LogP contribution in [0.15, 0.2) is 36.4 Å². The lowest BCUT2D eigenvalue weighted by molar-refractivity contribution is -0.142. The van der Waals surface area contributed by atoms with Crippen molar-refractivity contribution in [3.8, 4) is 0 Å². The summed E-state index contributed by atoms with van der Waals surface area (Å²) in [6.45, 7) is 0. The Bertz CT molecular complexity index is 366. The van der Waals surface area contributed by atoms with Gasteiger partial charge < -0.3 is 4.74 Å². The first-order valence-corrected chi connectivity index (χ1v) is 4.55. The van der Waals surface area contributed by atoms with Crippen LogP contribution in [-0.4, -0.2) is 18.9 Å². The lowest BCUT2D eigenvalue weighted by Gasteiger charge is -1.94. The van der Waals surface area contributed by atoms with E-state index >= 15 is 0 Å². The molecule has 0 N–H and O–H groups in total. The van der Waals surface area contributed by atoms with Crippen LogP contribution < -0.4 is 0 Å². The van der Waals surface area contributed by atoms with Crippen molar-refractivity contribution in [3.63, 3.8) is 0 Å². The summed E-state index contributed by atoms with van der Waals surface area (Å²) in [5.41, 5.74) is 0.927. The molecule has 0 aromatic heterocycles. The smallest absolute Gasteiger partial charge is 0.313 e. The number of methoxy groups -OCH3 is 1. The van der Waals surface area contributed by atoms with Gasteiger partial charge >= 0.3 is 5.97 Å². The number of carbonyl (C=O) groups excluding carboxylic acids is 2. The number of rotatable bonds is 4. The van der Waals surface area contributed by atoms with Crippen LogP contribution in [0.5, 0.6) is 0 Å². The molecular formula is C12H12O3. The Morgan fingerprint density at radius 3 is 2.53 bits per heavy atom. The molecule has 0 heterocycles. The molecular weight excluding hydrogens is 192 g/mol. The van der Waals surface area contributed by atoms with Gasteiger partial charge in [-0.15, -0.1) is 0 Å². The van der Waals surface area contributed by atoms with Crippen molar-refractivity contribution in [1.29, 1.82) is 0 Å². The second kappa shape index (κ2) is 5.75. The summed E-state index contributed by atoms with van der Waals surface area (Å²) in [5, 5.41) is 0. The van der Waals surface area contributed by atoms with Gasteiger partial charge in [0.25, 0.3) is 0 Å². The van der Waals surface area contributed by atoms with E-state index < -0.39 is 5.97 Å². The van der Waals surface area contributed by atoms with Gasteiger partial charge in [0.1, 0.15) is 6.42 Å². The van der Waals surface area contributed by atoms with Crippen molar-refractivity contribution in [2.24, 2.45) is 0 Å². The fraction of sp³-hybridized carbons (Fsp3) is 0.167. The van der Waals surface area contributed by atoms with Gasteiger partial charge in [0.05, 0.1) is 7.11 Å². The van der Waals surface area contributed by atoms with Crippen molar-refractivity contribution in [1.82, 2.24) is 0 Å². The lowest BCUT2D eigenvalue weighted by atomic mass is 10.2. The van der Waals surface area contributed by atoms with E-state index in [1.54, 1.807) is 6.08 Å². The Balaban J connectivity index is 2.52. The van der Waals surface area contributed by atoms with Crippen LogP contribution in [-0.2, 0) is 14.3 Å². The number of allylic oxidation sites excluding steroid dienone is 1. The topological polar surface area (TPSA) is 43.4 Å². The predicted octanol–water partition coefficient (Wildman–Crippen LogP) is 1.83. The predicted molar refractivity (Wildman–Crippen MR) is 57.1 cm³/mol. The van der Waals surface area contributed by atoms with Crippen molar-refractivity contribution < 1.29 is 14.3 Å².